The highest BCUT2D eigenvalue weighted by Gasteiger charge is 2.17. The van der Waals surface area contributed by atoms with Crippen LogP contribution in [-0.4, -0.2) is 97.5 Å². The van der Waals surface area contributed by atoms with Crippen molar-refractivity contribution in [2.45, 2.75) is 83.1 Å². The summed E-state index contributed by atoms with van der Waals surface area (Å²) in [7, 11) is 0. The van der Waals surface area contributed by atoms with Crippen molar-refractivity contribution in [2.75, 3.05) is 78.5 Å². The summed E-state index contributed by atoms with van der Waals surface area (Å²) in [5, 5.41) is 0. The van der Waals surface area contributed by atoms with E-state index < -0.39 is 0 Å². The zero-order chi connectivity index (χ0) is 22.0. The zero-order valence-corrected chi connectivity index (χ0v) is 25.4. The van der Waals surface area contributed by atoms with Crippen molar-refractivity contribution in [3.63, 3.8) is 0 Å². The molecule has 0 radical (unpaired) electrons. The molecule has 0 atom stereocenters. The van der Waals surface area contributed by atoms with Crippen molar-refractivity contribution in [2.24, 2.45) is 0 Å². The maximum absolute atomic E-state index is 2.27. The lowest BCUT2D eigenvalue weighted by atomic mass is 10.3. The summed E-state index contributed by atoms with van der Waals surface area (Å²) in [5.74, 6) is 0. The van der Waals surface area contributed by atoms with E-state index >= 15 is 0 Å². The van der Waals surface area contributed by atoms with E-state index in [1.807, 2.05) is 0 Å². The highest BCUT2D eigenvalue weighted by molar-refractivity contribution is 4.32. The first kappa shape index (κ1) is 44.3. The standard InChI is InChI=1S/3C8H20N.BrH.ClH.H2O/c3*1-5-9(6-2,7-3)8-4;;;/h3*5-8H2,1-4H3;2*1H;1H2/q3*+1;;;/p-3. The first-order valence-electron chi connectivity index (χ1n) is 12.3. The molecule has 0 aromatic carbocycles. The van der Waals surface area contributed by atoms with Crippen molar-refractivity contribution >= 4 is 0 Å². The predicted molar refractivity (Wildman–Crippen MR) is 129 cm³/mol. The molecule has 6 heteroatoms. The lowest BCUT2D eigenvalue weighted by Crippen LogP contribution is -3.00. The Balaban J connectivity index is -0.0000000686. The van der Waals surface area contributed by atoms with Crippen LogP contribution < -0.4 is 29.4 Å². The fourth-order valence-electron chi connectivity index (χ4n) is 4.02. The molecule has 0 saturated heterocycles. The summed E-state index contributed by atoms with van der Waals surface area (Å²) in [5.41, 5.74) is 0. The number of nitrogens with zero attached hydrogens (tertiary/aromatic N) is 3. The Morgan fingerprint density at radius 1 is 0.300 bits per heavy atom. The molecule has 0 heterocycles. The van der Waals surface area contributed by atoms with Crippen LogP contribution in [-0.2, 0) is 0 Å². The molecule has 0 rings (SSSR count). The number of rotatable bonds is 12. The van der Waals surface area contributed by atoms with Gasteiger partial charge in [0.1, 0.15) is 0 Å². The molecule has 4 nitrogen and oxygen atoms in total. The smallest absolute Gasteiger partial charge is 0.0757 e. The number of quaternary nitrogens is 3. The van der Waals surface area contributed by atoms with Crippen LogP contribution in [0.4, 0.5) is 0 Å². The maximum atomic E-state index is 2.27. The summed E-state index contributed by atoms with van der Waals surface area (Å²) < 4.78 is 3.83. The van der Waals surface area contributed by atoms with Crippen molar-refractivity contribution in [1.29, 1.82) is 0 Å². The Morgan fingerprint density at radius 2 is 0.367 bits per heavy atom. The van der Waals surface area contributed by atoms with Gasteiger partial charge in [-0.05, 0) is 83.1 Å². The molecule has 0 spiro atoms. The third-order valence-electron chi connectivity index (χ3n) is 8.05. The normalized spacial score (nSPS) is 10.8. The molecule has 0 fully saturated rings. The molecule has 0 aromatic rings. The van der Waals surface area contributed by atoms with Crippen LogP contribution in [0.2, 0.25) is 0 Å². The monoisotopic (exact) mass is 521 g/mol. The average Bonchev–Trinajstić information content (AvgIpc) is 2.75. The molecule has 0 bridgehead atoms. The summed E-state index contributed by atoms with van der Waals surface area (Å²) in [6.07, 6.45) is 0. The summed E-state index contributed by atoms with van der Waals surface area (Å²) in [6, 6.07) is 0. The van der Waals surface area contributed by atoms with Gasteiger partial charge in [-0.3, -0.25) is 0 Å². The summed E-state index contributed by atoms with van der Waals surface area (Å²) in [6.45, 7) is 42.7. The third kappa shape index (κ3) is 16.3. The van der Waals surface area contributed by atoms with Gasteiger partial charge in [-0.1, -0.05) is 0 Å². The first-order chi connectivity index (χ1) is 12.7. The van der Waals surface area contributed by atoms with E-state index in [0.717, 1.165) is 0 Å². The lowest BCUT2D eigenvalue weighted by molar-refractivity contribution is -0.921. The largest absolute Gasteiger partial charge is 1.00 e. The Bertz CT molecular complexity index is 209. The highest BCUT2D eigenvalue weighted by atomic mass is 79.9. The third-order valence-corrected chi connectivity index (χ3v) is 8.05. The van der Waals surface area contributed by atoms with Crippen LogP contribution in [0.5, 0.6) is 0 Å². The minimum absolute atomic E-state index is 0. The van der Waals surface area contributed by atoms with Crippen molar-refractivity contribution in [3.05, 3.63) is 0 Å². The average molecular weight is 523 g/mol. The molecule has 0 aliphatic rings. The molecule has 1 N–H and O–H groups in total. The van der Waals surface area contributed by atoms with E-state index in [9.17, 15) is 0 Å². The molecule has 0 saturated carbocycles. The fraction of sp³-hybridized carbons (Fsp3) is 1.00. The Kier molecular flexibility index (Phi) is 38.2. The zero-order valence-electron chi connectivity index (χ0n) is 23.0. The molecular formula is C24H61BrClN3O. The molecule has 0 aliphatic heterocycles. The minimum atomic E-state index is 0. The van der Waals surface area contributed by atoms with Crippen LogP contribution in [0.25, 0.3) is 0 Å². The van der Waals surface area contributed by atoms with Crippen LogP contribution >= 0.6 is 0 Å². The van der Waals surface area contributed by atoms with Crippen LogP contribution in [0.15, 0.2) is 0 Å². The van der Waals surface area contributed by atoms with E-state index in [0.29, 0.717) is 0 Å². The van der Waals surface area contributed by atoms with Gasteiger partial charge in [-0.15, -0.1) is 0 Å². The van der Waals surface area contributed by atoms with Gasteiger partial charge in [0.2, 0.25) is 0 Å². The van der Waals surface area contributed by atoms with Crippen molar-refractivity contribution in [3.8, 4) is 0 Å². The number of halogens is 2. The Hall–Kier alpha value is 0.610. The SMILES string of the molecule is CC[N+](CC)(CC)CC.CC[N+](CC)(CC)CC.CC[N+](CC)(CC)CC.[Br-].[Cl-].[OH-]. The van der Waals surface area contributed by atoms with E-state index in [2.05, 4.69) is 83.1 Å². The van der Waals surface area contributed by atoms with Crippen LogP contribution in [0.3, 0.4) is 0 Å². The van der Waals surface area contributed by atoms with Gasteiger partial charge in [0.25, 0.3) is 0 Å². The van der Waals surface area contributed by atoms with E-state index in [1.165, 1.54) is 92.0 Å². The van der Waals surface area contributed by atoms with Gasteiger partial charge in [0.15, 0.2) is 0 Å². The molecule has 0 amide bonds. The first-order valence-corrected chi connectivity index (χ1v) is 12.3. The second-order valence-corrected chi connectivity index (χ2v) is 7.82. The van der Waals surface area contributed by atoms with Crippen LogP contribution in [0.1, 0.15) is 83.1 Å². The molecule has 192 valence electrons. The molecule has 30 heavy (non-hydrogen) atoms. The van der Waals surface area contributed by atoms with Gasteiger partial charge in [-0.25, -0.2) is 0 Å². The van der Waals surface area contributed by atoms with Gasteiger partial charge < -0.3 is 48.3 Å². The molecule has 0 unspecified atom stereocenters. The second kappa shape index (κ2) is 25.9. The Labute approximate surface area is 209 Å². The van der Waals surface area contributed by atoms with E-state index in [1.54, 1.807) is 0 Å². The molecule has 0 aliphatic carbocycles. The second-order valence-electron chi connectivity index (χ2n) is 7.82. The van der Waals surface area contributed by atoms with Crippen molar-refractivity contribution in [1.82, 2.24) is 0 Å². The molecule has 0 aromatic heterocycles. The summed E-state index contributed by atoms with van der Waals surface area (Å²) in [4.78, 5) is 0. The van der Waals surface area contributed by atoms with Gasteiger partial charge in [0, 0.05) is 0 Å². The molecular weight excluding hydrogens is 462 g/mol. The van der Waals surface area contributed by atoms with Crippen molar-refractivity contribution < 1.29 is 48.3 Å². The summed E-state index contributed by atoms with van der Waals surface area (Å²) >= 11 is 0. The Morgan fingerprint density at radius 3 is 0.367 bits per heavy atom. The topological polar surface area (TPSA) is 30.0 Å². The predicted octanol–water partition coefficient (Wildman–Crippen LogP) is -0.520. The quantitative estimate of drug-likeness (QED) is 0.317. The number of hydrogen-bond donors (Lipinski definition) is 0. The lowest BCUT2D eigenvalue weighted by Gasteiger charge is -2.34. The van der Waals surface area contributed by atoms with E-state index in [4.69, 9.17) is 0 Å². The van der Waals surface area contributed by atoms with Gasteiger partial charge in [0.05, 0.1) is 78.5 Å². The van der Waals surface area contributed by atoms with E-state index in [-0.39, 0.29) is 34.9 Å². The highest BCUT2D eigenvalue weighted by Crippen LogP contribution is 2.04. The maximum Gasteiger partial charge on any atom is 0.0757 e. The minimum Gasteiger partial charge on any atom is -1.00 e. The number of hydrogen-bond acceptors (Lipinski definition) is 1. The van der Waals surface area contributed by atoms with Gasteiger partial charge in [-0.2, -0.15) is 0 Å². The fourth-order valence-corrected chi connectivity index (χ4v) is 4.02. The van der Waals surface area contributed by atoms with Crippen LogP contribution in [0, 0.1) is 0 Å². The van der Waals surface area contributed by atoms with Gasteiger partial charge >= 0.3 is 0 Å².